The Balaban J connectivity index is 1.53. The third-order valence-corrected chi connectivity index (χ3v) is 6.87. The summed E-state index contributed by atoms with van der Waals surface area (Å²) in [7, 11) is 0. The number of imide groups is 1. The van der Waals surface area contributed by atoms with Gasteiger partial charge in [0.15, 0.2) is 0 Å². The summed E-state index contributed by atoms with van der Waals surface area (Å²) in [5.74, 6) is -2.38. The number of hydrogen-bond donors (Lipinski definition) is 0. The Hall–Kier alpha value is -2.07. The molecular formula is C22H20F2INO4. The molecule has 0 radical (unpaired) electrons. The van der Waals surface area contributed by atoms with Gasteiger partial charge in [0.25, 0.3) is 0 Å². The van der Waals surface area contributed by atoms with Gasteiger partial charge >= 0.3 is 6.09 Å². The maximum atomic E-state index is 14.4. The van der Waals surface area contributed by atoms with Crippen LogP contribution in [0.4, 0.5) is 13.6 Å². The minimum absolute atomic E-state index is 0.0560. The van der Waals surface area contributed by atoms with Crippen molar-refractivity contribution in [1.29, 1.82) is 0 Å². The predicted molar refractivity (Wildman–Crippen MR) is 113 cm³/mol. The fourth-order valence-electron chi connectivity index (χ4n) is 4.11. The molecule has 2 saturated heterocycles. The van der Waals surface area contributed by atoms with Gasteiger partial charge in [0.05, 0.1) is 18.6 Å². The van der Waals surface area contributed by atoms with Crippen molar-refractivity contribution in [2.24, 2.45) is 5.92 Å². The molecule has 2 fully saturated rings. The Kier molecular flexibility index (Phi) is 6.06. The lowest BCUT2D eigenvalue weighted by Crippen LogP contribution is -2.44. The van der Waals surface area contributed by atoms with Gasteiger partial charge in [-0.25, -0.2) is 18.5 Å². The fraction of sp³-hybridized carbons (Fsp3) is 0.364. The van der Waals surface area contributed by atoms with Gasteiger partial charge < -0.3 is 9.47 Å². The molecule has 0 spiro atoms. The fourth-order valence-corrected chi connectivity index (χ4v) is 5.05. The first-order valence-electron chi connectivity index (χ1n) is 9.63. The van der Waals surface area contributed by atoms with E-state index in [1.165, 1.54) is 17.0 Å². The predicted octanol–water partition coefficient (Wildman–Crippen LogP) is 4.22. The lowest BCUT2D eigenvalue weighted by molar-refractivity contribution is -0.133. The number of nitrogens with zero attached hydrogens (tertiary/aromatic N) is 1. The van der Waals surface area contributed by atoms with Gasteiger partial charge in [-0.1, -0.05) is 59.0 Å². The number of carbonyl (C=O) groups excluding carboxylic acids is 2. The molecule has 0 bridgehead atoms. The monoisotopic (exact) mass is 527 g/mol. The summed E-state index contributed by atoms with van der Waals surface area (Å²) in [5, 5.41) is 0. The van der Waals surface area contributed by atoms with Crippen molar-refractivity contribution in [1.82, 2.24) is 4.90 Å². The van der Waals surface area contributed by atoms with E-state index in [9.17, 15) is 18.4 Å². The topological polar surface area (TPSA) is 55.8 Å². The average molecular weight is 527 g/mol. The minimum Gasteiger partial charge on any atom is -0.447 e. The molecule has 2 aliphatic rings. The summed E-state index contributed by atoms with van der Waals surface area (Å²) in [4.78, 5) is 26.7. The standard InChI is InChI=1S/C22H20F2INO4/c23-16-6-7-18(19(24)9-16)22(13-25)10-15(11-30-22)20(27)26-17(12-29-21(26)28)8-14-4-2-1-3-5-14/h1-7,9,15,17H,8,10-13H2/t15?,17?,22-/m0/s1. The number of ether oxygens (including phenoxy) is 2. The number of amides is 2. The number of halogens is 3. The maximum absolute atomic E-state index is 14.4. The zero-order valence-electron chi connectivity index (χ0n) is 16.0. The molecule has 2 aliphatic heterocycles. The molecule has 0 N–H and O–H groups in total. The summed E-state index contributed by atoms with van der Waals surface area (Å²) < 4.78 is 39.2. The second-order valence-corrected chi connectivity index (χ2v) is 8.36. The molecule has 4 rings (SSSR count). The molecule has 2 amide bonds. The first-order valence-corrected chi connectivity index (χ1v) is 11.2. The smallest absolute Gasteiger partial charge is 0.416 e. The molecule has 158 valence electrons. The SMILES string of the molecule is O=C1OCC(Cc2ccccc2)N1C(=O)C1CO[C@@](CI)(c2ccc(F)cc2F)C1. The van der Waals surface area contributed by atoms with Gasteiger partial charge in [-0.15, -0.1) is 0 Å². The molecule has 3 atom stereocenters. The molecular weight excluding hydrogens is 507 g/mol. The van der Waals surface area contributed by atoms with Crippen molar-refractivity contribution in [2.75, 3.05) is 17.6 Å². The van der Waals surface area contributed by atoms with Crippen LogP contribution in [0.25, 0.3) is 0 Å². The van der Waals surface area contributed by atoms with Crippen LogP contribution in [-0.4, -0.2) is 40.6 Å². The van der Waals surface area contributed by atoms with Crippen LogP contribution in [0.3, 0.4) is 0 Å². The largest absolute Gasteiger partial charge is 0.447 e. The van der Waals surface area contributed by atoms with Crippen LogP contribution in [0.1, 0.15) is 17.5 Å². The van der Waals surface area contributed by atoms with Crippen LogP contribution in [0.2, 0.25) is 0 Å². The number of rotatable bonds is 5. The highest BCUT2D eigenvalue weighted by molar-refractivity contribution is 14.1. The Morgan fingerprint density at radius 2 is 1.93 bits per heavy atom. The number of cyclic esters (lactones) is 1. The van der Waals surface area contributed by atoms with Crippen molar-refractivity contribution in [3.63, 3.8) is 0 Å². The average Bonchev–Trinajstić information content (AvgIpc) is 3.33. The van der Waals surface area contributed by atoms with Gasteiger partial charge in [-0.05, 0) is 24.5 Å². The quantitative estimate of drug-likeness (QED) is 0.432. The molecule has 2 aromatic carbocycles. The molecule has 5 nitrogen and oxygen atoms in total. The van der Waals surface area contributed by atoms with Crippen LogP contribution in [0, 0.1) is 17.6 Å². The van der Waals surface area contributed by atoms with E-state index >= 15 is 0 Å². The van der Waals surface area contributed by atoms with Gasteiger partial charge in [-0.2, -0.15) is 0 Å². The van der Waals surface area contributed by atoms with E-state index in [0.717, 1.165) is 11.6 Å². The third-order valence-electron chi connectivity index (χ3n) is 5.64. The van der Waals surface area contributed by atoms with E-state index in [-0.39, 0.29) is 31.1 Å². The molecule has 0 aliphatic carbocycles. The molecule has 8 heteroatoms. The second-order valence-electron chi connectivity index (χ2n) is 7.59. The summed E-state index contributed by atoms with van der Waals surface area (Å²) in [6.45, 7) is 0.192. The van der Waals surface area contributed by atoms with Crippen LogP contribution in [0.15, 0.2) is 48.5 Å². The molecule has 2 heterocycles. The van der Waals surface area contributed by atoms with Crippen LogP contribution >= 0.6 is 22.6 Å². The van der Waals surface area contributed by atoms with E-state index in [2.05, 4.69) is 22.6 Å². The summed E-state index contributed by atoms with van der Waals surface area (Å²) >= 11 is 2.07. The lowest BCUT2D eigenvalue weighted by Gasteiger charge is -2.27. The zero-order valence-corrected chi connectivity index (χ0v) is 18.2. The summed E-state index contributed by atoms with van der Waals surface area (Å²) in [6.07, 6.45) is 0.0376. The highest BCUT2D eigenvalue weighted by atomic mass is 127. The Labute approximate surface area is 186 Å². The van der Waals surface area contributed by atoms with Crippen molar-refractivity contribution >= 4 is 34.6 Å². The molecule has 30 heavy (non-hydrogen) atoms. The molecule has 0 aromatic heterocycles. The molecule has 0 saturated carbocycles. The van der Waals surface area contributed by atoms with Crippen LogP contribution in [-0.2, 0) is 26.3 Å². The number of alkyl halides is 1. The molecule has 2 aromatic rings. The van der Waals surface area contributed by atoms with Crippen LogP contribution in [0.5, 0.6) is 0 Å². The van der Waals surface area contributed by atoms with E-state index < -0.39 is 35.3 Å². The van der Waals surface area contributed by atoms with Crippen LogP contribution < -0.4 is 0 Å². The van der Waals surface area contributed by atoms with Gasteiger partial charge in [0.2, 0.25) is 5.91 Å². The van der Waals surface area contributed by atoms with Gasteiger partial charge in [0.1, 0.15) is 23.8 Å². The number of carbonyl (C=O) groups is 2. The van der Waals surface area contributed by atoms with Gasteiger partial charge in [-0.3, -0.25) is 4.79 Å². The Bertz CT molecular complexity index is 957. The molecule has 2 unspecified atom stereocenters. The van der Waals surface area contributed by atoms with E-state index in [1.54, 1.807) is 0 Å². The van der Waals surface area contributed by atoms with E-state index in [1.807, 2.05) is 30.3 Å². The van der Waals surface area contributed by atoms with E-state index in [4.69, 9.17) is 9.47 Å². The first-order chi connectivity index (χ1) is 14.4. The zero-order chi connectivity index (χ0) is 21.3. The summed E-state index contributed by atoms with van der Waals surface area (Å²) in [6, 6.07) is 12.5. The lowest BCUT2D eigenvalue weighted by atomic mass is 9.88. The van der Waals surface area contributed by atoms with Crippen molar-refractivity contribution in [2.45, 2.75) is 24.5 Å². The highest BCUT2D eigenvalue weighted by Gasteiger charge is 2.49. The maximum Gasteiger partial charge on any atom is 0.416 e. The first kappa shape index (κ1) is 21.2. The number of benzene rings is 2. The summed E-state index contributed by atoms with van der Waals surface area (Å²) in [5.41, 5.74) is 0.173. The number of hydrogen-bond acceptors (Lipinski definition) is 4. The van der Waals surface area contributed by atoms with Crippen molar-refractivity contribution < 1.29 is 27.8 Å². The van der Waals surface area contributed by atoms with Crippen molar-refractivity contribution in [3.8, 4) is 0 Å². The second kappa shape index (κ2) is 8.58. The third kappa shape index (κ3) is 3.94. The minimum atomic E-state index is -1.04. The Morgan fingerprint density at radius 1 is 1.17 bits per heavy atom. The highest BCUT2D eigenvalue weighted by Crippen LogP contribution is 2.43. The Morgan fingerprint density at radius 3 is 2.63 bits per heavy atom. The normalized spacial score (nSPS) is 26.1. The van der Waals surface area contributed by atoms with Crippen molar-refractivity contribution in [3.05, 3.63) is 71.3 Å². The van der Waals surface area contributed by atoms with Gasteiger partial charge in [0, 0.05) is 16.1 Å². The van der Waals surface area contributed by atoms with E-state index in [0.29, 0.717) is 10.8 Å².